The Morgan fingerprint density at radius 2 is 1.59 bits per heavy atom. The summed E-state index contributed by atoms with van der Waals surface area (Å²) >= 11 is 0. The van der Waals surface area contributed by atoms with Gasteiger partial charge >= 0.3 is 0 Å². The molecule has 0 N–H and O–H groups in total. The summed E-state index contributed by atoms with van der Waals surface area (Å²) < 4.78 is 6.12. The van der Waals surface area contributed by atoms with Crippen molar-refractivity contribution >= 4 is 35.3 Å². The first kappa shape index (κ1) is 35.4. The monoisotopic (exact) mass is 842 g/mol. The maximum Gasteiger partial charge on any atom is 0.216 e. The molecule has 0 atom stereocenters. The van der Waals surface area contributed by atoms with Crippen LogP contribution in [0.3, 0.4) is 0 Å². The molecule has 0 amide bonds. The van der Waals surface area contributed by atoms with E-state index in [1.165, 1.54) is 69.8 Å². The van der Waals surface area contributed by atoms with E-state index in [1.807, 2.05) is 43.5 Å². The Morgan fingerprint density at radius 3 is 2.35 bits per heavy atom. The molecule has 0 aliphatic heterocycles. The van der Waals surface area contributed by atoms with E-state index in [2.05, 4.69) is 84.3 Å². The summed E-state index contributed by atoms with van der Waals surface area (Å²) in [5, 5.41) is 3.66. The van der Waals surface area contributed by atoms with Crippen LogP contribution in [0.2, 0.25) is 19.6 Å². The van der Waals surface area contributed by atoms with E-state index in [4.69, 9.17) is 9.40 Å². The third-order valence-corrected chi connectivity index (χ3v) is 12.4. The SMILES string of the molecule is C[Si](C)(C)c1cnc(-c2[c-]cccc2)cc1CC1CCCC1.Cc1ccc2c(n1)oc1c(-c3cc(C4CCCCC4)ccn3)[c-]ccc12.[Ir]. The minimum atomic E-state index is -1.35. The first-order valence-electron chi connectivity index (χ1n) is 18.0. The van der Waals surface area contributed by atoms with Crippen molar-refractivity contribution < 1.29 is 24.5 Å². The number of aromatic nitrogens is 3. The van der Waals surface area contributed by atoms with Gasteiger partial charge in [0.05, 0.1) is 13.7 Å². The predicted octanol–water partition coefficient (Wildman–Crippen LogP) is 11.0. The van der Waals surface area contributed by atoms with Gasteiger partial charge in [-0.3, -0.25) is 0 Å². The second-order valence-electron chi connectivity index (χ2n) is 14.9. The topological polar surface area (TPSA) is 51.8 Å². The molecule has 2 fully saturated rings. The molecule has 6 aromatic rings. The summed E-state index contributed by atoms with van der Waals surface area (Å²) in [4.78, 5) is 13.9. The summed E-state index contributed by atoms with van der Waals surface area (Å²) in [6.07, 6.45) is 17.6. The molecule has 2 aliphatic carbocycles. The van der Waals surface area contributed by atoms with Gasteiger partial charge in [0.2, 0.25) is 5.71 Å². The standard InChI is InChI=1S/C23H21N2O.C20H26NSi.Ir/c1-15-10-11-19-18-8-5-9-20(22(18)26-23(19)25-15)21-14-17(12-13-24-21)16-6-3-2-4-7-16;1-22(2,3)20-15-21-19(17-11-5-4-6-12-17)14-18(20)13-16-9-7-8-10-16;/h5,8,10-14,16H,2-4,6-7H2,1H3;4-6,11,14-16H,7-10,13H2,1-3H3;/q2*-1;. The zero-order valence-corrected chi connectivity index (χ0v) is 32.7. The molecule has 4 nitrogen and oxygen atoms in total. The van der Waals surface area contributed by atoms with Crippen LogP contribution in [0.25, 0.3) is 44.6 Å². The van der Waals surface area contributed by atoms with Crippen LogP contribution >= 0.6 is 0 Å². The molecule has 0 spiro atoms. The maximum absolute atomic E-state index is 6.12. The van der Waals surface area contributed by atoms with Gasteiger partial charge in [0.1, 0.15) is 0 Å². The first-order chi connectivity index (χ1) is 23.3. The smallest absolute Gasteiger partial charge is 0.216 e. The van der Waals surface area contributed by atoms with Gasteiger partial charge in [-0.05, 0) is 72.8 Å². The van der Waals surface area contributed by atoms with Crippen molar-refractivity contribution in [3.05, 3.63) is 108 Å². The van der Waals surface area contributed by atoms with Gasteiger partial charge in [-0.1, -0.05) is 98.8 Å². The third kappa shape index (κ3) is 8.14. The van der Waals surface area contributed by atoms with Crippen molar-refractivity contribution in [1.29, 1.82) is 0 Å². The average molecular weight is 842 g/mol. The Balaban J connectivity index is 0.000000169. The number of nitrogens with zero attached hydrogens (tertiary/aromatic N) is 3. The molecule has 2 saturated carbocycles. The molecule has 0 bridgehead atoms. The fourth-order valence-electron chi connectivity index (χ4n) is 7.75. The largest absolute Gasteiger partial charge is 0.486 e. The maximum atomic E-state index is 6.12. The quantitative estimate of drug-likeness (QED) is 0.124. The van der Waals surface area contributed by atoms with Crippen LogP contribution in [0.5, 0.6) is 0 Å². The fraction of sp³-hybridized carbons (Fsp3) is 0.372. The van der Waals surface area contributed by atoms with E-state index >= 15 is 0 Å². The van der Waals surface area contributed by atoms with Crippen LogP contribution < -0.4 is 5.19 Å². The minimum absolute atomic E-state index is 0. The molecule has 49 heavy (non-hydrogen) atoms. The molecule has 6 heteroatoms. The van der Waals surface area contributed by atoms with Crippen LogP contribution in [0.15, 0.2) is 83.5 Å². The number of hydrogen-bond acceptors (Lipinski definition) is 4. The summed E-state index contributed by atoms with van der Waals surface area (Å²) in [5.74, 6) is 1.54. The normalized spacial score (nSPS) is 15.6. The number of furan rings is 1. The molecule has 255 valence electrons. The van der Waals surface area contributed by atoms with Crippen molar-refractivity contribution in [3.63, 3.8) is 0 Å². The van der Waals surface area contributed by atoms with Gasteiger partial charge in [0, 0.05) is 43.6 Å². The molecule has 4 aromatic heterocycles. The molecular weight excluding hydrogens is 795 g/mol. The number of aryl methyl sites for hydroxylation is 1. The van der Waals surface area contributed by atoms with Gasteiger partial charge in [0.15, 0.2) is 0 Å². The van der Waals surface area contributed by atoms with E-state index in [0.717, 1.165) is 50.5 Å². The number of pyridine rings is 3. The van der Waals surface area contributed by atoms with Crippen molar-refractivity contribution in [2.75, 3.05) is 0 Å². The zero-order valence-electron chi connectivity index (χ0n) is 29.3. The van der Waals surface area contributed by atoms with Crippen LogP contribution in [0, 0.1) is 25.0 Å². The van der Waals surface area contributed by atoms with E-state index in [9.17, 15) is 0 Å². The number of hydrogen-bond donors (Lipinski definition) is 0. The average Bonchev–Trinajstić information content (AvgIpc) is 3.76. The Morgan fingerprint density at radius 1 is 0.796 bits per heavy atom. The number of fused-ring (bicyclic) bond motifs is 3. The van der Waals surface area contributed by atoms with Crippen molar-refractivity contribution in [2.45, 2.75) is 96.7 Å². The summed E-state index contributed by atoms with van der Waals surface area (Å²) in [6, 6.07) is 29.7. The Bertz CT molecular complexity index is 2000. The molecule has 4 heterocycles. The summed E-state index contributed by atoms with van der Waals surface area (Å²) in [6.45, 7) is 9.26. The van der Waals surface area contributed by atoms with Gasteiger partial charge in [-0.15, -0.1) is 54.1 Å². The van der Waals surface area contributed by atoms with E-state index in [0.29, 0.717) is 11.6 Å². The molecule has 2 aliphatic rings. The van der Waals surface area contributed by atoms with Crippen molar-refractivity contribution in [1.82, 2.24) is 15.0 Å². The minimum Gasteiger partial charge on any atom is -0.486 e. The number of rotatable bonds is 6. The Kier molecular flexibility index (Phi) is 11.3. The van der Waals surface area contributed by atoms with E-state index in [-0.39, 0.29) is 20.1 Å². The Labute approximate surface area is 306 Å². The molecular formula is C43H47IrN3OSi-2. The fourth-order valence-corrected chi connectivity index (χ4v) is 9.33. The third-order valence-electron chi connectivity index (χ3n) is 10.3. The van der Waals surface area contributed by atoms with Crippen LogP contribution in [-0.4, -0.2) is 23.0 Å². The Hall–Kier alpha value is -3.44. The van der Waals surface area contributed by atoms with Gasteiger partial charge in [0.25, 0.3) is 0 Å². The van der Waals surface area contributed by atoms with Crippen molar-refractivity contribution in [3.8, 4) is 22.5 Å². The van der Waals surface area contributed by atoms with Gasteiger partial charge < -0.3 is 14.4 Å². The van der Waals surface area contributed by atoms with Crippen LogP contribution in [0.4, 0.5) is 0 Å². The van der Waals surface area contributed by atoms with E-state index < -0.39 is 8.07 Å². The summed E-state index contributed by atoms with van der Waals surface area (Å²) in [5.41, 5.74) is 9.47. The van der Waals surface area contributed by atoms with Crippen LogP contribution in [-0.2, 0) is 26.5 Å². The molecule has 2 aromatic carbocycles. The zero-order chi connectivity index (χ0) is 33.1. The second kappa shape index (κ2) is 15.6. The van der Waals surface area contributed by atoms with E-state index in [1.54, 1.807) is 10.8 Å². The van der Waals surface area contributed by atoms with Crippen molar-refractivity contribution in [2.24, 2.45) is 5.92 Å². The van der Waals surface area contributed by atoms with Gasteiger partial charge in [-0.25, -0.2) is 4.98 Å². The molecule has 1 radical (unpaired) electrons. The molecule has 0 unspecified atom stereocenters. The number of benzene rings is 2. The summed E-state index contributed by atoms with van der Waals surface area (Å²) in [7, 11) is -1.35. The molecule has 8 rings (SSSR count). The van der Waals surface area contributed by atoms with Crippen LogP contribution in [0.1, 0.15) is 80.5 Å². The second-order valence-corrected chi connectivity index (χ2v) is 20.0. The first-order valence-corrected chi connectivity index (χ1v) is 21.5. The van der Waals surface area contributed by atoms with Gasteiger partial charge in [-0.2, -0.15) is 0 Å². The predicted molar refractivity (Wildman–Crippen MR) is 201 cm³/mol. The molecule has 0 saturated heterocycles.